The summed E-state index contributed by atoms with van der Waals surface area (Å²) in [5, 5.41) is 23.9. The van der Waals surface area contributed by atoms with Crippen molar-refractivity contribution in [2.45, 2.75) is 12.5 Å². The van der Waals surface area contributed by atoms with Gasteiger partial charge in [-0.25, -0.2) is 0 Å². The highest BCUT2D eigenvalue weighted by Crippen LogP contribution is 2.04. The second-order valence-corrected chi connectivity index (χ2v) is 4.07. The second kappa shape index (κ2) is 7.21. The molecule has 0 aromatic rings. The summed E-state index contributed by atoms with van der Waals surface area (Å²) in [5.41, 5.74) is 0. The number of carboxylic acids is 2. The molecule has 1 aliphatic rings. The van der Waals surface area contributed by atoms with Crippen molar-refractivity contribution in [3.8, 4) is 0 Å². The lowest BCUT2D eigenvalue weighted by molar-refractivity contribution is -0.142. The highest BCUT2D eigenvalue weighted by atomic mass is 16.4. The standard InChI is InChI=1S/C10H19N3O4/c14-9(15)5-8-6-12-2-1-11-3-4-13(8)7-10(16)17/h8,11-12H,1-7H2,(H,14,15)(H,16,17). The molecule has 1 rings (SSSR count). The molecule has 0 aliphatic carbocycles. The van der Waals surface area contributed by atoms with E-state index >= 15 is 0 Å². The van der Waals surface area contributed by atoms with Crippen LogP contribution in [-0.2, 0) is 9.59 Å². The van der Waals surface area contributed by atoms with E-state index in [0.29, 0.717) is 19.6 Å². The Morgan fingerprint density at radius 1 is 1.12 bits per heavy atom. The van der Waals surface area contributed by atoms with Crippen LogP contribution >= 0.6 is 0 Å². The molecule has 7 nitrogen and oxygen atoms in total. The van der Waals surface area contributed by atoms with Crippen molar-refractivity contribution in [2.75, 3.05) is 39.3 Å². The third-order valence-corrected chi connectivity index (χ3v) is 2.70. The third kappa shape index (κ3) is 5.62. The first-order chi connectivity index (χ1) is 8.09. The number of nitrogens with one attached hydrogen (secondary N) is 2. The van der Waals surface area contributed by atoms with E-state index in [2.05, 4.69) is 10.6 Å². The number of nitrogens with zero attached hydrogens (tertiary/aromatic N) is 1. The molecular formula is C10H19N3O4. The molecule has 98 valence electrons. The summed E-state index contributed by atoms with van der Waals surface area (Å²) in [6, 6.07) is -0.275. The van der Waals surface area contributed by atoms with E-state index in [1.165, 1.54) is 0 Å². The first-order valence-corrected chi connectivity index (χ1v) is 5.68. The minimum atomic E-state index is -0.931. The fourth-order valence-corrected chi connectivity index (χ4v) is 1.89. The van der Waals surface area contributed by atoms with Crippen molar-refractivity contribution in [3.63, 3.8) is 0 Å². The number of rotatable bonds is 4. The van der Waals surface area contributed by atoms with Gasteiger partial charge in [0.15, 0.2) is 0 Å². The Balaban J connectivity index is 2.64. The zero-order chi connectivity index (χ0) is 12.7. The van der Waals surface area contributed by atoms with Crippen molar-refractivity contribution in [1.82, 2.24) is 15.5 Å². The lowest BCUT2D eigenvalue weighted by atomic mass is 10.1. The number of hydrogen-bond donors (Lipinski definition) is 4. The molecule has 1 atom stereocenters. The lowest BCUT2D eigenvalue weighted by Crippen LogP contribution is -2.46. The molecule has 17 heavy (non-hydrogen) atoms. The maximum Gasteiger partial charge on any atom is 0.317 e. The van der Waals surface area contributed by atoms with Gasteiger partial charge in [0.2, 0.25) is 0 Å². The fourth-order valence-electron chi connectivity index (χ4n) is 1.89. The Morgan fingerprint density at radius 2 is 1.82 bits per heavy atom. The molecule has 0 aromatic carbocycles. The Hall–Kier alpha value is -1.18. The monoisotopic (exact) mass is 245 g/mol. The van der Waals surface area contributed by atoms with Gasteiger partial charge in [-0.3, -0.25) is 14.5 Å². The van der Waals surface area contributed by atoms with Crippen LogP contribution in [0.3, 0.4) is 0 Å². The van der Waals surface area contributed by atoms with Gasteiger partial charge in [0.25, 0.3) is 0 Å². The van der Waals surface area contributed by atoms with Gasteiger partial charge >= 0.3 is 11.9 Å². The topological polar surface area (TPSA) is 102 Å². The summed E-state index contributed by atoms with van der Waals surface area (Å²) in [6.45, 7) is 3.16. The van der Waals surface area contributed by atoms with Gasteiger partial charge in [-0.05, 0) is 0 Å². The molecule has 7 heteroatoms. The van der Waals surface area contributed by atoms with Crippen LogP contribution in [0.4, 0.5) is 0 Å². The first kappa shape index (κ1) is 13.9. The highest BCUT2D eigenvalue weighted by Gasteiger charge is 2.23. The van der Waals surface area contributed by atoms with E-state index in [0.717, 1.165) is 13.1 Å². The van der Waals surface area contributed by atoms with Crippen LogP contribution < -0.4 is 10.6 Å². The predicted octanol–water partition coefficient (Wildman–Crippen LogP) is -1.59. The molecule has 0 aromatic heterocycles. The Bertz CT molecular complexity index is 246. The average molecular weight is 245 g/mol. The van der Waals surface area contributed by atoms with Crippen LogP contribution in [0.15, 0.2) is 0 Å². The molecule has 1 heterocycles. The SMILES string of the molecule is O=C(O)CC1CNCCNCCN1CC(=O)O. The van der Waals surface area contributed by atoms with Crippen LogP contribution in [0.1, 0.15) is 6.42 Å². The molecule has 1 saturated heterocycles. The lowest BCUT2D eigenvalue weighted by Gasteiger charge is -2.28. The van der Waals surface area contributed by atoms with E-state index in [9.17, 15) is 9.59 Å². The smallest absolute Gasteiger partial charge is 0.317 e. The second-order valence-electron chi connectivity index (χ2n) is 4.07. The van der Waals surface area contributed by atoms with Crippen molar-refractivity contribution in [1.29, 1.82) is 0 Å². The molecule has 1 aliphatic heterocycles. The largest absolute Gasteiger partial charge is 0.481 e. The zero-order valence-corrected chi connectivity index (χ0v) is 9.69. The van der Waals surface area contributed by atoms with Crippen LogP contribution in [0.25, 0.3) is 0 Å². The van der Waals surface area contributed by atoms with Gasteiger partial charge in [0.1, 0.15) is 0 Å². The van der Waals surface area contributed by atoms with Gasteiger partial charge in [-0.15, -0.1) is 0 Å². The van der Waals surface area contributed by atoms with E-state index in [1.807, 2.05) is 0 Å². The van der Waals surface area contributed by atoms with Gasteiger partial charge in [0, 0.05) is 38.8 Å². The summed E-state index contributed by atoms with van der Waals surface area (Å²) in [7, 11) is 0. The van der Waals surface area contributed by atoms with Crippen LogP contribution in [0, 0.1) is 0 Å². The fraction of sp³-hybridized carbons (Fsp3) is 0.800. The molecule has 0 radical (unpaired) electrons. The van der Waals surface area contributed by atoms with Gasteiger partial charge in [-0.2, -0.15) is 0 Å². The van der Waals surface area contributed by atoms with Crippen LogP contribution in [0.5, 0.6) is 0 Å². The Labute approximate surface area is 99.8 Å². The van der Waals surface area contributed by atoms with Gasteiger partial charge < -0.3 is 20.8 Å². The molecule has 1 unspecified atom stereocenters. The van der Waals surface area contributed by atoms with E-state index in [1.54, 1.807) is 4.90 Å². The van der Waals surface area contributed by atoms with Crippen molar-refractivity contribution in [2.24, 2.45) is 0 Å². The van der Waals surface area contributed by atoms with Crippen molar-refractivity contribution >= 4 is 11.9 Å². The molecular weight excluding hydrogens is 226 g/mol. The molecule has 0 saturated carbocycles. The summed E-state index contributed by atoms with van der Waals surface area (Å²) in [6.07, 6.45) is -0.0414. The number of hydrogen-bond acceptors (Lipinski definition) is 5. The van der Waals surface area contributed by atoms with Crippen molar-refractivity contribution in [3.05, 3.63) is 0 Å². The summed E-state index contributed by atoms with van der Waals surface area (Å²) >= 11 is 0. The van der Waals surface area contributed by atoms with E-state index in [-0.39, 0.29) is 19.0 Å². The third-order valence-electron chi connectivity index (χ3n) is 2.70. The molecule has 0 bridgehead atoms. The Kier molecular flexibility index (Phi) is 5.88. The number of carboxylic acid groups (broad SMARTS) is 2. The Morgan fingerprint density at radius 3 is 2.47 bits per heavy atom. The predicted molar refractivity (Wildman–Crippen MR) is 61.0 cm³/mol. The van der Waals surface area contributed by atoms with E-state index in [4.69, 9.17) is 10.2 Å². The zero-order valence-electron chi connectivity index (χ0n) is 9.69. The van der Waals surface area contributed by atoms with Crippen LogP contribution in [-0.4, -0.2) is 72.4 Å². The maximum absolute atomic E-state index is 10.8. The summed E-state index contributed by atoms with van der Waals surface area (Å²) in [4.78, 5) is 23.2. The number of aliphatic carboxylic acids is 2. The van der Waals surface area contributed by atoms with Gasteiger partial charge in [0.05, 0.1) is 13.0 Å². The summed E-state index contributed by atoms with van der Waals surface area (Å²) < 4.78 is 0. The molecule has 0 spiro atoms. The van der Waals surface area contributed by atoms with Gasteiger partial charge in [-0.1, -0.05) is 0 Å². The molecule has 0 amide bonds. The minimum Gasteiger partial charge on any atom is -0.481 e. The highest BCUT2D eigenvalue weighted by molar-refractivity contribution is 5.70. The average Bonchev–Trinajstić information content (AvgIpc) is 2.31. The molecule has 4 N–H and O–H groups in total. The van der Waals surface area contributed by atoms with Crippen LogP contribution in [0.2, 0.25) is 0 Å². The number of carbonyl (C=O) groups is 2. The first-order valence-electron chi connectivity index (χ1n) is 5.68. The normalized spacial score (nSPS) is 23.4. The quantitative estimate of drug-likeness (QED) is 0.473. The van der Waals surface area contributed by atoms with E-state index < -0.39 is 11.9 Å². The summed E-state index contributed by atoms with van der Waals surface area (Å²) in [5.74, 6) is -1.83. The minimum absolute atomic E-state index is 0.0414. The maximum atomic E-state index is 10.8. The molecule has 1 fully saturated rings. The van der Waals surface area contributed by atoms with Crippen molar-refractivity contribution < 1.29 is 19.8 Å².